The molecular weight excluding hydrogens is 236 g/mol. The van der Waals surface area contributed by atoms with Gasteiger partial charge < -0.3 is 0 Å². The summed E-state index contributed by atoms with van der Waals surface area (Å²) in [6.45, 7) is 6.20. The summed E-state index contributed by atoms with van der Waals surface area (Å²) < 4.78 is 0.859. The van der Waals surface area contributed by atoms with Crippen molar-refractivity contribution < 1.29 is 0 Å². The first kappa shape index (κ1) is 9.99. The quantitative estimate of drug-likeness (QED) is 0.593. The zero-order valence-corrected chi connectivity index (χ0v) is 9.74. The Bertz CT molecular complexity index is 256. The number of halogens is 1. The van der Waals surface area contributed by atoms with Crippen molar-refractivity contribution in [3.05, 3.63) is 16.5 Å². The largest absolute Gasteiger partial charge is 0.227 e. The highest BCUT2D eigenvalue weighted by molar-refractivity contribution is 9.10. The number of thioether (sulfide) groups is 1. The molecule has 1 rings (SSSR count). The normalized spacial score (nSPS) is 10.8. The summed E-state index contributed by atoms with van der Waals surface area (Å²) in [6.07, 6.45) is 0. The molecule has 1 aromatic rings. The second-order valence-electron chi connectivity index (χ2n) is 2.74. The molecule has 0 aliphatic carbocycles. The number of hydrogen-bond acceptors (Lipinski definition) is 3. The van der Waals surface area contributed by atoms with Crippen LogP contribution in [0.1, 0.15) is 19.7 Å². The van der Waals surface area contributed by atoms with E-state index in [0.29, 0.717) is 5.25 Å². The van der Waals surface area contributed by atoms with Gasteiger partial charge in [0.25, 0.3) is 0 Å². The average Bonchev–Trinajstić information content (AvgIpc) is 1.81. The van der Waals surface area contributed by atoms with Gasteiger partial charge in [0.15, 0.2) is 0 Å². The van der Waals surface area contributed by atoms with Crippen molar-refractivity contribution in [3.63, 3.8) is 0 Å². The third-order valence-electron chi connectivity index (χ3n) is 1.14. The van der Waals surface area contributed by atoms with Crippen LogP contribution in [0.3, 0.4) is 0 Å². The Morgan fingerprint density at radius 3 is 2.58 bits per heavy atom. The third-order valence-corrected chi connectivity index (χ3v) is 2.47. The van der Waals surface area contributed by atoms with Crippen molar-refractivity contribution in [3.8, 4) is 0 Å². The minimum Gasteiger partial charge on any atom is -0.227 e. The summed E-state index contributed by atoms with van der Waals surface area (Å²) in [7, 11) is 0. The van der Waals surface area contributed by atoms with Gasteiger partial charge in [-0.25, -0.2) is 9.97 Å². The Balaban J connectivity index is 2.85. The van der Waals surface area contributed by atoms with Gasteiger partial charge in [-0.3, -0.25) is 0 Å². The summed E-state index contributed by atoms with van der Waals surface area (Å²) in [5.74, 6) is 0.813. The van der Waals surface area contributed by atoms with Crippen LogP contribution in [-0.2, 0) is 0 Å². The first-order valence-electron chi connectivity index (χ1n) is 3.76. The van der Waals surface area contributed by atoms with Gasteiger partial charge in [-0.2, -0.15) is 0 Å². The number of nitrogens with zero attached hydrogens (tertiary/aromatic N) is 2. The molecule has 0 radical (unpaired) electrons. The molecule has 1 aromatic heterocycles. The monoisotopic (exact) mass is 246 g/mol. The topological polar surface area (TPSA) is 25.8 Å². The molecule has 66 valence electrons. The van der Waals surface area contributed by atoms with E-state index >= 15 is 0 Å². The number of hydrogen-bond donors (Lipinski definition) is 0. The first-order chi connectivity index (χ1) is 5.58. The maximum absolute atomic E-state index is 4.30. The van der Waals surface area contributed by atoms with Crippen LogP contribution in [0.2, 0.25) is 0 Å². The Labute approximate surface area is 85.3 Å². The molecule has 0 aliphatic rings. The van der Waals surface area contributed by atoms with Gasteiger partial charge in [-0.15, -0.1) is 11.8 Å². The third kappa shape index (κ3) is 3.11. The number of aryl methyl sites for hydroxylation is 1. The predicted molar refractivity (Wildman–Crippen MR) is 55.5 cm³/mol. The fraction of sp³-hybridized carbons (Fsp3) is 0.500. The summed E-state index contributed by atoms with van der Waals surface area (Å²) in [5, 5.41) is 1.59. The van der Waals surface area contributed by atoms with E-state index in [2.05, 4.69) is 39.7 Å². The molecule has 12 heavy (non-hydrogen) atoms. The Morgan fingerprint density at radius 2 is 2.08 bits per heavy atom. The second-order valence-corrected chi connectivity index (χ2v) is 5.15. The van der Waals surface area contributed by atoms with Crippen LogP contribution in [-0.4, -0.2) is 15.2 Å². The van der Waals surface area contributed by atoms with Crippen molar-refractivity contribution >= 4 is 27.7 Å². The molecule has 2 nitrogen and oxygen atoms in total. The SMILES string of the molecule is Cc1nc(Br)cc(SC(C)C)n1. The van der Waals surface area contributed by atoms with E-state index in [1.165, 1.54) is 0 Å². The van der Waals surface area contributed by atoms with E-state index in [1.54, 1.807) is 11.8 Å². The molecule has 0 unspecified atom stereocenters. The van der Waals surface area contributed by atoms with Crippen LogP contribution in [0.25, 0.3) is 0 Å². The highest BCUT2D eigenvalue weighted by Gasteiger charge is 2.02. The zero-order chi connectivity index (χ0) is 9.14. The molecular formula is C8H11BrN2S. The van der Waals surface area contributed by atoms with E-state index < -0.39 is 0 Å². The van der Waals surface area contributed by atoms with E-state index in [9.17, 15) is 0 Å². The number of aromatic nitrogens is 2. The molecule has 0 spiro atoms. The average molecular weight is 247 g/mol. The van der Waals surface area contributed by atoms with Gasteiger partial charge in [-0.05, 0) is 22.9 Å². The molecule has 0 aliphatic heterocycles. The Hall–Kier alpha value is -0.0900. The molecule has 0 atom stereocenters. The molecule has 0 aromatic carbocycles. The van der Waals surface area contributed by atoms with Crippen molar-refractivity contribution in [2.24, 2.45) is 0 Å². The van der Waals surface area contributed by atoms with E-state index in [1.807, 2.05) is 13.0 Å². The highest BCUT2D eigenvalue weighted by atomic mass is 79.9. The van der Waals surface area contributed by atoms with Crippen LogP contribution in [0.4, 0.5) is 0 Å². The highest BCUT2D eigenvalue weighted by Crippen LogP contribution is 2.22. The van der Waals surface area contributed by atoms with Crippen molar-refractivity contribution in [2.45, 2.75) is 31.0 Å². The predicted octanol–water partition coefficient (Wildman–Crippen LogP) is 3.05. The zero-order valence-electron chi connectivity index (χ0n) is 7.34. The summed E-state index contributed by atoms with van der Waals surface area (Å²) in [4.78, 5) is 8.43. The minimum absolute atomic E-state index is 0.561. The first-order valence-corrected chi connectivity index (χ1v) is 5.43. The molecule has 0 fully saturated rings. The van der Waals surface area contributed by atoms with E-state index in [-0.39, 0.29) is 0 Å². The van der Waals surface area contributed by atoms with E-state index in [0.717, 1.165) is 15.5 Å². The molecule has 0 amide bonds. The van der Waals surface area contributed by atoms with Gasteiger partial charge in [0.1, 0.15) is 15.5 Å². The summed E-state index contributed by atoms with van der Waals surface area (Å²) >= 11 is 5.08. The number of rotatable bonds is 2. The molecule has 0 saturated heterocycles. The fourth-order valence-electron chi connectivity index (χ4n) is 0.807. The minimum atomic E-state index is 0.561. The van der Waals surface area contributed by atoms with Crippen LogP contribution >= 0.6 is 27.7 Å². The second kappa shape index (κ2) is 4.23. The molecule has 0 bridgehead atoms. The Morgan fingerprint density at radius 1 is 1.42 bits per heavy atom. The lowest BCUT2D eigenvalue weighted by Crippen LogP contribution is -1.93. The van der Waals surface area contributed by atoms with Crippen molar-refractivity contribution in [1.29, 1.82) is 0 Å². The van der Waals surface area contributed by atoms with Crippen molar-refractivity contribution in [2.75, 3.05) is 0 Å². The van der Waals surface area contributed by atoms with Gasteiger partial charge in [0.2, 0.25) is 0 Å². The molecule has 0 saturated carbocycles. The molecule has 0 N–H and O–H groups in total. The maximum atomic E-state index is 4.30. The van der Waals surface area contributed by atoms with Crippen molar-refractivity contribution in [1.82, 2.24) is 9.97 Å². The van der Waals surface area contributed by atoms with Crippen LogP contribution in [0.5, 0.6) is 0 Å². The smallest absolute Gasteiger partial charge is 0.127 e. The van der Waals surface area contributed by atoms with Crippen LogP contribution in [0.15, 0.2) is 15.7 Å². The lowest BCUT2D eigenvalue weighted by Gasteiger charge is -2.04. The molecule has 4 heteroatoms. The Kier molecular flexibility index (Phi) is 3.53. The van der Waals surface area contributed by atoms with E-state index in [4.69, 9.17) is 0 Å². The van der Waals surface area contributed by atoms with Gasteiger partial charge >= 0.3 is 0 Å². The maximum Gasteiger partial charge on any atom is 0.127 e. The van der Waals surface area contributed by atoms with Crippen LogP contribution < -0.4 is 0 Å². The van der Waals surface area contributed by atoms with Gasteiger partial charge in [0.05, 0.1) is 0 Å². The summed E-state index contributed by atoms with van der Waals surface area (Å²) in [6, 6.07) is 1.94. The summed E-state index contributed by atoms with van der Waals surface area (Å²) in [5.41, 5.74) is 0. The van der Waals surface area contributed by atoms with Gasteiger partial charge in [-0.1, -0.05) is 13.8 Å². The lowest BCUT2D eigenvalue weighted by molar-refractivity contribution is 0.945. The standard InChI is InChI=1S/C8H11BrN2S/c1-5(2)12-8-4-7(9)10-6(3)11-8/h4-5H,1-3H3. The fourth-order valence-corrected chi connectivity index (χ4v) is 2.28. The van der Waals surface area contributed by atoms with Gasteiger partial charge in [0, 0.05) is 11.3 Å². The lowest BCUT2D eigenvalue weighted by atomic mass is 10.6. The van der Waals surface area contributed by atoms with Crippen LogP contribution in [0, 0.1) is 6.92 Å². The molecule has 1 heterocycles.